The minimum absolute atomic E-state index is 0.242. The van der Waals surface area contributed by atoms with Crippen LogP contribution in [0.25, 0.3) is 0 Å². The molecule has 1 fully saturated rings. The van der Waals surface area contributed by atoms with E-state index in [1.54, 1.807) is 7.11 Å². The van der Waals surface area contributed by atoms with Crippen LogP contribution in [0.15, 0.2) is 24.3 Å². The molecule has 20 heavy (non-hydrogen) atoms. The predicted molar refractivity (Wildman–Crippen MR) is 82.1 cm³/mol. The fraction of sp³-hybridized carbons (Fsp3) is 0.647. The molecule has 1 heterocycles. The van der Waals surface area contributed by atoms with Gasteiger partial charge in [0, 0.05) is 32.7 Å². The van der Waals surface area contributed by atoms with Gasteiger partial charge >= 0.3 is 0 Å². The molecule has 0 saturated carbocycles. The molecule has 1 aromatic rings. The second-order valence-corrected chi connectivity index (χ2v) is 5.86. The maximum absolute atomic E-state index is 5.94. The predicted octanol–water partition coefficient (Wildman–Crippen LogP) is 3.12. The average molecular weight is 277 g/mol. The van der Waals surface area contributed by atoms with Crippen LogP contribution in [-0.2, 0) is 9.47 Å². The van der Waals surface area contributed by atoms with Crippen molar-refractivity contribution in [1.29, 1.82) is 0 Å². The second-order valence-electron chi connectivity index (χ2n) is 5.86. The van der Waals surface area contributed by atoms with Crippen LogP contribution in [0.1, 0.15) is 43.4 Å². The lowest BCUT2D eigenvalue weighted by Crippen LogP contribution is -2.27. The van der Waals surface area contributed by atoms with Crippen molar-refractivity contribution < 1.29 is 9.47 Å². The van der Waals surface area contributed by atoms with Crippen molar-refractivity contribution in [3.8, 4) is 0 Å². The van der Waals surface area contributed by atoms with E-state index >= 15 is 0 Å². The van der Waals surface area contributed by atoms with Gasteiger partial charge in [0.15, 0.2) is 0 Å². The van der Waals surface area contributed by atoms with Crippen LogP contribution in [0.5, 0.6) is 0 Å². The molecule has 2 atom stereocenters. The quantitative estimate of drug-likeness (QED) is 0.777. The van der Waals surface area contributed by atoms with Crippen molar-refractivity contribution >= 4 is 0 Å². The highest BCUT2D eigenvalue weighted by Crippen LogP contribution is 2.34. The van der Waals surface area contributed by atoms with Gasteiger partial charge in [-0.2, -0.15) is 0 Å². The minimum Gasteiger partial charge on any atom is -0.383 e. The van der Waals surface area contributed by atoms with Crippen molar-refractivity contribution in [2.24, 2.45) is 5.92 Å². The summed E-state index contributed by atoms with van der Waals surface area (Å²) in [6, 6.07) is 8.93. The van der Waals surface area contributed by atoms with Gasteiger partial charge < -0.3 is 14.8 Å². The molecule has 1 N–H and O–H groups in total. The van der Waals surface area contributed by atoms with Crippen molar-refractivity contribution in [1.82, 2.24) is 5.32 Å². The molecule has 0 radical (unpaired) electrons. The standard InChI is InChI=1S/C17H27NO2/c1-13(2)14-4-6-15(7-5-14)17-16(8-10-20-17)12-18-9-11-19-3/h4-7,13,16-18H,8-12H2,1-3H3. The van der Waals surface area contributed by atoms with Crippen molar-refractivity contribution in [3.05, 3.63) is 35.4 Å². The van der Waals surface area contributed by atoms with Gasteiger partial charge in [-0.15, -0.1) is 0 Å². The molecule has 2 rings (SSSR count). The Bertz CT molecular complexity index is 388. The molecule has 0 bridgehead atoms. The number of nitrogens with one attached hydrogen (secondary N) is 1. The first kappa shape index (κ1) is 15.5. The van der Waals surface area contributed by atoms with E-state index in [1.165, 1.54) is 11.1 Å². The molecule has 3 heteroatoms. The first-order valence-corrected chi connectivity index (χ1v) is 7.63. The molecule has 0 aliphatic carbocycles. The Hall–Kier alpha value is -0.900. The fourth-order valence-electron chi connectivity index (χ4n) is 2.74. The van der Waals surface area contributed by atoms with Crippen LogP contribution in [0.4, 0.5) is 0 Å². The summed E-state index contributed by atoms with van der Waals surface area (Å²) in [5.41, 5.74) is 2.70. The molecule has 0 amide bonds. The summed E-state index contributed by atoms with van der Waals surface area (Å²) in [6.45, 7) is 7.99. The maximum atomic E-state index is 5.94. The van der Waals surface area contributed by atoms with Gasteiger partial charge in [-0.1, -0.05) is 38.1 Å². The molecule has 3 nitrogen and oxygen atoms in total. The molecule has 0 spiro atoms. The van der Waals surface area contributed by atoms with Gasteiger partial charge in [-0.3, -0.25) is 0 Å². The molecule has 1 aromatic carbocycles. The SMILES string of the molecule is COCCNCC1CCOC1c1ccc(C(C)C)cc1. The number of ether oxygens (including phenoxy) is 2. The summed E-state index contributed by atoms with van der Waals surface area (Å²) in [5.74, 6) is 1.15. The smallest absolute Gasteiger partial charge is 0.0866 e. The highest BCUT2D eigenvalue weighted by atomic mass is 16.5. The fourth-order valence-corrected chi connectivity index (χ4v) is 2.74. The highest BCUT2D eigenvalue weighted by Gasteiger charge is 2.29. The largest absolute Gasteiger partial charge is 0.383 e. The lowest BCUT2D eigenvalue weighted by atomic mass is 9.93. The third kappa shape index (κ3) is 4.05. The van der Waals surface area contributed by atoms with E-state index in [0.29, 0.717) is 11.8 Å². The summed E-state index contributed by atoms with van der Waals surface area (Å²) in [6.07, 6.45) is 1.38. The monoisotopic (exact) mass is 277 g/mol. The number of benzene rings is 1. The number of rotatable bonds is 7. The van der Waals surface area contributed by atoms with E-state index < -0.39 is 0 Å². The first-order chi connectivity index (χ1) is 9.72. The number of hydrogen-bond acceptors (Lipinski definition) is 3. The Morgan fingerprint density at radius 3 is 2.70 bits per heavy atom. The van der Waals surface area contributed by atoms with E-state index in [2.05, 4.69) is 43.4 Å². The van der Waals surface area contributed by atoms with Crippen LogP contribution in [0.3, 0.4) is 0 Å². The molecule has 1 aliphatic heterocycles. The molecule has 1 aliphatic rings. The van der Waals surface area contributed by atoms with E-state index in [-0.39, 0.29) is 6.10 Å². The molecule has 0 aromatic heterocycles. The third-order valence-corrected chi connectivity index (χ3v) is 4.04. The van der Waals surface area contributed by atoms with Crippen molar-refractivity contribution in [3.63, 3.8) is 0 Å². The minimum atomic E-state index is 0.242. The third-order valence-electron chi connectivity index (χ3n) is 4.04. The summed E-state index contributed by atoms with van der Waals surface area (Å²) in [4.78, 5) is 0. The summed E-state index contributed by atoms with van der Waals surface area (Å²) < 4.78 is 11.0. The van der Waals surface area contributed by atoms with Crippen molar-refractivity contribution in [2.75, 3.05) is 33.4 Å². The Kier molecular flexibility index (Phi) is 6.02. The zero-order chi connectivity index (χ0) is 14.4. The van der Waals surface area contributed by atoms with Crippen LogP contribution in [-0.4, -0.2) is 33.4 Å². The van der Waals surface area contributed by atoms with Crippen LogP contribution in [0, 0.1) is 5.92 Å². The molecular weight excluding hydrogens is 250 g/mol. The highest BCUT2D eigenvalue weighted by molar-refractivity contribution is 5.27. The summed E-state index contributed by atoms with van der Waals surface area (Å²) >= 11 is 0. The van der Waals surface area contributed by atoms with E-state index in [0.717, 1.165) is 32.7 Å². The first-order valence-electron chi connectivity index (χ1n) is 7.63. The normalized spacial score (nSPS) is 22.6. The lowest BCUT2D eigenvalue weighted by molar-refractivity contribution is 0.0898. The molecule has 112 valence electrons. The summed E-state index contributed by atoms with van der Waals surface area (Å²) in [7, 11) is 1.74. The summed E-state index contributed by atoms with van der Waals surface area (Å²) in [5, 5.41) is 3.45. The van der Waals surface area contributed by atoms with E-state index in [1.807, 2.05) is 0 Å². The van der Waals surface area contributed by atoms with E-state index in [4.69, 9.17) is 9.47 Å². The zero-order valence-corrected chi connectivity index (χ0v) is 12.9. The lowest BCUT2D eigenvalue weighted by Gasteiger charge is -2.20. The molecule has 2 unspecified atom stereocenters. The second kappa shape index (κ2) is 7.77. The Balaban J connectivity index is 1.92. The van der Waals surface area contributed by atoms with Crippen molar-refractivity contribution in [2.45, 2.75) is 32.3 Å². The van der Waals surface area contributed by atoms with Crippen LogP contribution in [0.2, 0.25) is 0 Å². The van der Waals surface area contributed by atoms with Gasteiger partial charge in [0.2, 0.25) is 0 Å². The van der Waals surface area contributed by atoms with E-state index in [9.17, 15) is 0 Å². The topological polar surface area (TPSA) is 30.5 Å². The van der Waals surface area contributed by atoms with Gasteiger partial charge in [0.05, 0.1) is 12.7 Å². The average Bonchev–Trinajstić information content (AvgIpc) is 2.92. The number of hydrogen-bond donors (Lipinski definition) is 1. The molecule has 1 saturated heterocycles. The number of methoxy groups -OCH3 is 1. The van der Waals surface area contributed by atoms with Gasteiger partial charge in [0.25, 0.3) is 0 Å². The van der Waals surface area contributed by atoms with Crippen LogP contribution >= 0.6 is 0 Å². The molecular formula is C17H27NO2. The van der Waals surface area contributed by atoms with Gasteiger partial charge in [-0.05, 0) is 23.5 Å². The maximum Gasteiger partial charge on any atom is 0.0866 e. The van der Waals surface area contributed by atoms with Gasteiger partial charge in [0.1, 0.15) is 0 Å². The Morgan fingerprint density at radius 2 is 2.05 bits per heavy atom. The van der Waals surface area contributed by atoms with Gasteiger partial charge in [-0.25, -0.2) is 0 Å². The Morgan fingerprint density at radius 1 is 1.30 bits per heavy atom. The zero-order valence-electron chi connectivity index (χ0n) is 12.9. The Labute approximate surface area is 122 Å². The van der Waals surface area contributed by atoms with Crippen LogP contribution < -0.4 is 5.32 Å².